The van der Waals surface area contributed by atoms with Gasteiger partial charge in [0, 0.05) is 18.8 Å². The third-order valence-electron chi connectivity index (χ3n) is 3.38. The van der Waals surface area contributed by atoms with Gasteiger partial charge in [0.1, 0.15) is 11.8 Å². The van der Waals surface area contributed by atoms with Crippen LogP contribution in [0.25, 0.3) is 0 Å². The molecule has 3 rings (SSSR count). The standard InChI is InChI=1S/C15H15N3O3/c19-14(20)12-7-4-10-18(12)15-16-9-8-13(17-15)21-11-5-2-1-3-6-11/h1-3,5-6,8-9,12H,4,7,10H2,(H,19,20). The molecule has 0 amide bonds. The minimum atomic E-state index is -0.842. The molecule has 6 heteroatoms. The van der Waals surface area contributed by atoms with E-state index in [0.717, 1.165) is 6.42 Å². The Kier molecular flexibility index (Phi) is 3.68. The van der Waals surface area contributed by atoms with Gasteiger partial charge in [-0.3, -0.25) is 0 Å². The molecule has 1 unspecified atom stereocenters. The van der Waals surface area contributed by atoms with Gasteiger partial charge in [0.25, 0.3) is 0 Å². The molecule has 1 aliphatic heterocycles. The molecule has 0 radical (unpaired) electrons. The summed E-state index contributed by atoms with van der Waals surface area (Å²) in [6.45, 7) is 0.645. The van der Waals surface area contributed by atoms with Crippen molar-refractivity contribution < 1.29 is 14.6 Å². The van der Waals surface area contributed by atoms with E-state index in [1.165, 1.54) is 0 Å². The molecule has 1 aromatic carbocycles. The number of para-hydroxylation sites is 1. The summed E-state index contributed by atoms with van der Waals surface area (Å²) in [5.41, 5.74) is 0. The zero-order valence-corrected chi connectivity index (χ0v) is 11.3. The number of rotatable bonds is 4. The van der Waals surface area contributed by atoms with Gasteiger partial charge in [0.2, 0.25) is 11.8 Å². The van der Waals surface area contributed by atoms with Gasteiger partial charge in [-0.25, -0.2) is 9.78 Å². The van der Waals surface area contributed by atoms with Crippen molar-refractivity contribution in [3.8, 4) is 11.6 Å². The van der Waals surface area contributed by atoms with Crippen molar-refractivity contribution in [2.75, 3.05) is 11.4 Å². The smallest absolute Gasteiger partial charge is 0.326 e. The molecule has 2 aromatic rings. The van der Waals surface area contributed by atoms with Crippen LogP contribution >= 0.6 is 0 Å². The Hall–Kier alpha value is -2.63. The number of nitrogens with zero attached hydrogens (tertiary/aromatic N) is 3. The van der Waals surface area contributed by atoms with Crippen molar-refractivity contribution in [2.24, 2.45) is 0 Å². The second-order valence-corrected chi connectivity index (χ2v) is 4.80. The van der Waals surface area contributed by atoms with Crippen LogP contribution in [0.15, 0.2) is 42.6 Å². The SMILES string of the molecule is O=C(O)C1CCCN1c1nccc(Oc2ccccc2)n1. The molecule has 1 saturated heterocycles. The average molecular weight is 285 g/mol. The van der Waals surface area contributed by atoms with Crippen LogP contribution in [0.5, 0.6) is 11.6 Å². The lowest BCUT2D eigenvalue weighted by Gasteiger charge is -2.21. The topological polar surface area (TPSA) is 75.5 Å². The molecule has 0 saturated carbocycles. The van der Waals surface area contributed by atoms with Gasteiger partial charge in [0.15, 0.2) is 0 Å². The first-order chi connectivity index (χ1) is 10.2. The van der Waals surface area contributed by atoms with E-state index in [2.05, 4.69) is 9.97 Å². The Morgan fingerprint density at radius 3 is 2.86 bits per heavy atom. The molecule has 1 aliphatic rings. The summed E-state index contributed by atoms with van der Waals surface area (Å²) in [7, 11) is 0. The molecule has 0 bridgehead atoms. The lowest BCUT2D eigenvalue weighted by Crippen LogP contribution is -2.37. The summed E-state index contributed by atoms with van der Waals surface area (Å²) in [6, 6.07) is 10.4. The van der Waals surface area contributed by atoms with Gasteiger partial charge >= 0.3 is 5.97 Å². The zero-order valence-electron chi connectivity index (χ0n) is 11.3. The largest absolute Gasteiger partial charge is 0.480 e. The Morgan fingerprint density at radius 1 is 1.29 bits per heavy atom. The molecule has 1 N–H and O–H groups in total. The maximum Gasteiger partial charge on any atom is 0.326 e. The number of aliphatic carboxylic acids is 1. The fourth-order valence-corrected chi connectivity index (χ4v) is 2.40. The van der Waals surface area contributed by atoms with Gasteiger partial charge < -0.3 is 14.7 Å². The minimum absolute atomic E-state index is 0.397. The predicted molar refractivity (Wildman–Crippen MR) is 76.6 cm³/mol. The van der Waals surface area contributed by atoms with Crippen LogP contribution in [0.4, 0.5) is 5.95 Å². The number of aromatic nitrogens is 2. The van der Waals surface area contributed by atoms with Crippen LogP contribution < -0.4 is 9.64 Å². The molecule has 1 fully saturated rings. The predicted octanol–water partition coefficient (Wildman–Crippen LogP) is 2.32. The lowest BCUT2D eigenvalue weighted by atomic mass is 10.2. The van der Waals surface area contributed by atoms with E-state index in [4.69, 9.17) is 4.74 Å². The Morgan fingerprint density at radius 2 is 2.10 bits per heavy atom. The number of carbonyl (C=O) groups is 1. The van der Waals surface area contributed by atoms with E-state index in [9.17, 15) is 9.90 Å². The molecule has 1 atom stereocenters. The summed E-state index contributed by atoms with van der Waals surface area (Å²) in [5, 5.41) is 9.22. The van der Waals surface area contributed by atoms with E-state index < -0.39 is 12.0 Å². The Balaban J connectivity index is 1.81. The van der Waals surface area contributed by atoms with E-state index in [0.29, 0.717) is 30.5 Å². The van der Waals surface area contributed by atoms with Gasteiger partial charge in [-0.2, -0.15) is 4.98 Å². The first-order valence-corrected chi connectivity index (χ1v) is 6.79. The number of carboxylic acids is 1. The molecule has 108 valence electrons. The van der Waals surface area contributed by atoms with E-state index >= 15 is 0 Å². The summed E-state index contributed by atoms with van der Waals surface area (Å²) >= 11 is 0. The molecular formula is C15H15N3O3. The fraction of sp³-hybridized carbons (Fsp3) is 0.267. The van der Waals surface area contributed by atoms with Crippen LogP contribution in [0.3, 0.4) is 0 Å². The first-order valence-electron chi connectivity index (χ1n) is 6.79. The lowest BCUT2D eigenvalue weighted by molar-refractivity contribution is -0.138. The number of hydrogen-bond donors (Lipinski definition) is 1. The Bertz CT molecular complexity index is 633. The number of ether oxygens (including phenoxy) is 1. The van der Waals surface area contributed by atoms with Crippen molar-refractivity contribution in [1.82, 2.24) is 9.97 Å². The Labute approximate surface area is 122 Å². The summed E-state index contributed by atoms with van der Waals surface area (Å²) in [4.78, 5) is 21.4. The van der Waals surface area contributed by atoms with Crippen LogP contribution in [-0.4, -0.2) is 33.6 Å². The van der Waals surface area contributed by atoms with Crippen molar-refractivity contribution in [2.45, 2.75) is 18.9 Å². The van der Waals surface area contributed by atoms with Crippen LogP contribution in [-0.2, 0) is 4.79 Å². The van der Waals surface area contributed by atoms with Crippen LogP contribution in [0.2, 0.25) is 0 Å². The molecule has 0 spiro atoms. The van der Waals surface area contributed by atoms with E-state index in [1.54, 1.807) is 17.2 Å². The number of carboxylic acid groups (broad SMARTS) is 1. The third kappa shape index (κ3) is 2.94. The summed E-state index contributed by atoms with van der Waals surface area (Å²) < 4.78 is 5.65. The quantitative estimate of drug-likeness (QED) is 0.929. The monoisotopic (exact) mass is 285 g/mol. The molecule has 2 heterocycles. The van der Waals surface area contributed by atoms with Crippen LogP contribution in [0, 0.1) is 0 Å². The minimum Gasteiger partial charge on any atom is -0.480 e. The van der Waals surface area contributed by atoms with Crippen molar-refractivity contribution in [3.63, 3.8) is 0 Å². The molecule has 0 aliphatic carbocycles. The zero-order chi connectivity index (χ0) is 14.7. The highest BCUT2D eigenvalue weighted by Crippen LogP contribution is 2.25. The highest BCUT2D eigenvalue weighted by Gasteiger charge is 2.32. The van der Waals surface area contributed by atoms with Gasteiger partial charge in [-0.15, -0.1) is 0 Å². The molecule has 1 aromatic heterocycles. The maximum absolute atomic E-state index is 11.2. The molecule has 6 nitrogen and oxygen atoms in total. The van der Waals surface area contributed by atoms with Crippen molar-refractivity contribution >= 4 is 11.9 Å². The third-order valence-corrected chi connectivity index (χ3v) is 3.38. The number of hydrogen-bond acceptors (Lipinski definition) is 5. The fourth-order valence-electron chi connectivity index (χ4n) is 2.40. The van der Waals surface area contributed by atoms with E-state index in [-0.39, 0.29) is 0 Å². The molecular weight excluding hydrogens is 270 g/mol. The van der Waals surface area contributed by atoms with Crippen molar-refractivity contribution in [1.29, 1.82) is 0 Å². The van der Waals surface area contributed by atoms with Crippen molar-refractivity contribution in [3.05, 3.63) is 42.6 Å². The highest BCUT2D eigenvalue weighted by atomic mass is 16.5. The highest BCUT2D eigenvalue weighted by molar-refractivity contribution is 5.78. The summed E-state index contributed by atoms with van der Waals surface area (Å²) in [6.07, 6.45) is 3.02. The average Bonchev–Trinajstić information content (AvgIpc) is 2.98. The number of anilines is 1. The maximum atomic E-state index is 11.2. The van der Waals surface area contributed by atoms with E-state index in [1.807, 2.05) is 30.3 Å². The molecule has 21 heavy (non-hydrogen) atoms. The summed E-state index contributed by atoms with van der Waals surface area (Å²) in [5.74, 6) is 0.638. The first kappa shape index (κ1) is 13.4. The van der Waals surface area contributed by atoms with Gasteiger partial charge in [-0.1, -0.05) is 18.2 Å². The van der Waals surface area contributed by atoms with Gasteiger partial charge in [-0.05, 0) is 25.0 Å². The second kappa shape index (κ2) is 5.78. The number of benzene rings is 1. The normalized spacial score (nSPS) is 17.7. The van der Waals surface area contributed by atoms with Gasteiger partial charge in [0.05, 0.1) is 0 Å². The van der Waals surface area contributed by atoms with Crippen LogP contribution in [0.1, 0.15) is 12.8 Å². The second-order valence-electron chi connectivity index (χ2n) is 4.80.